The first kappa shape index (κ1) is 21.4. The third-order valence-corrected chi connectivity index (χ3v) is 5.03. The lowest BCUT2D eigenvalue weighted by Crippen LogP contribution is -2.36. The molecule has 1 atom stereocenters. The Hall–Kier alpha value is -3.33. The molecule has 2 heterocycles. The summed E-state index contributed by atoms with van der Waals surface area (Å²) in [5.41, 5.74) is -0.266. The predicted octanol–water partition coefficient (Wildman–Crippen LogP) is 4.25. The van der Waals surface area contributed by atoms with Gasteiger partial charge in [-0.05, 0) is 38.7 Å². The summed E-state index contributed by atoms with van der Waals surface area (Å²) in [6, 6.07) is 6.67. The second kappa shape index (κ2) is 9.00. The predicted molar refractivity (Wildman–Crippen MR) is 105 cm³/mol. The van der Waals surface area contributed by atoms with Gasteiger partial charge in [0, 0.05) is 30.8 Å². The molecule has 0 aliphatic carbocycles. The van der Waals surface area contributed by atoms with Crippen molar-refractivity contribution in [3.8, 4) is 12.1 Å². The quantitative estimate of drug-likeness (QED) is 0.787. The van der Waals surface area contributed by atoms with Gasteiger partial charge in [0.1, 0.15) is 29.9 Å². The molecule has 0 radical (unpaired) electrons. The van der Waals surface area contributed by atoms with Gasteiger partial charge >= 0.3 is 0 Å². The Morgan fingerprint density at radius 3 is 2.30 bits per heavy atom. The lowest BCUT2D eigenvalue weighted by atomic mass is 9.88. The minimum atomic E-state index is -1.54. The van der Waals surface area contributed by atoms with E-state index >= 15 is 0 Å². The highest BCUT2D eigenvalue weighted by Crippen LogP contribution is 2.37. The maximum atomic E-state index is 14.9. The molecule has 1 saturated heterocycles. The highest BCUT2D eigenvalue weighted by atomic mass is 19.1. The van der Waals surface area contributed by atoms with E-state index in [1.807, 2.05) is 30.9 Å². The van der Waals surface area contributed by atoms with Gasteiger partial charge in [-0.3, -0.25) is 0 Å². The number of hydrogen-bond acceptors (Lipinski definition) is 6. The van der Waals surface area contributed by atoms with Gasteiger partial charge in [0.05, 0.1) is 0 Å². The molecule has 0 spiro atoms. The van der Waals surface area contributed by atoms with Gasteiger partial charge in [0.2, 0.25) is 0 Å². The fraction of sp³-hybridized carbons (Fsp3) is 0.429. The van der Waals surface area contributed by atoms with E-state index in [0.717, 1.165) is 12.1 Å². The molecule has 1 aromatic carbocycles. The summed E-state index contributed by atoms with van der Waals surface area (Å²) >= 11 is 0. The van der Waals surface area contributed by atoms with Crippen molar-refractivity contribution in [2.45, 2.75) is 38.9 Å². The van der Waals surface area contributed by atoms with Crippen LogP contribution in [-0.4, -0.2) is 29.1 Å². The molecule has 1 aromatic heterocycles. The Morgan fingerprint density at radius 2 is 1.73 bits per heavy atom. The number of alkyl halides is 1. The zero-order valence-corrected chi connectivity index (χ0v) is 16.7. The SMILES string of the molecule is CC(C)Nc1nc(C#N)c(C#N)nc1N1CCC([C@@H](F)c2ccc(F)cc2F)CC1. The monoisotopic (exact) mass is 414 g/mol. The van der Waals surface area contributed by atoms with Gasteiger partial charge in [0.25, 0.3) is 0 Å². The van der Waals surface area contributed by atoms with Crippen molar-refractivity contribution in [1.29, 1.82) is 10.5 Å². The standard InChI is InChI=1S/C21H21F3N6/c1-12(2)27-20-21(29-18(11-26)17(10-25)28-20)30-7-5-13(6-8-30)19(24)15-4-3-14(22)9-16(15)23/h3-4,9,12-13,19H,5-8H2,1-2H3,(H,27,28)/t19-/m1/s1. The number of nitrogens with one attached hydrogen (secondary N) is 1. The molecule has 6 nitrogen and oxygen atoms in total. The molecule has 0 saturated carbocycles. The second-order valence-electron chi connectivity index (χ2n) is 7.51. The first-order chi connectivity index (χ1) is 14.3. The number of rotatable bonds is 5. The van der Waals surface area contributed by atoms with E-state index in [4.69, 9.17) is 0 Å². The molecule has 2 aromatic rings. The highest BCUT2D eigenvalue weighted by Gasteiger charge is 2.31. The van der Waals surface area contributed by atoms with E-state index in [9.17, 15) is 23.7 Å². The lowest BCUT2D eigenvalue weighted by molar-refractivity contribution is 0.193. The summed E-state index contributed by atoms with van der Waals surface area (Å²) < 4.78 is 42.0. The van der Waals surface area contributed by atoms with Crippen LogP contribution in [0.5, 0.6) is 0 Å². The van der Waals surface area contributed by atoms with Crippen LogP contribution in [0.1, 0.15) is 49.8 Å². The molecule has 1 fully saturated rings. The van der Waals surface area contributed by atoms with Crippen molar-refractivity contribution in [2.24, 2.45) is 5.92 Å². The third-order valence-electron chi connectivity index (χ3n) is 5.03. The summed E-state index contributed by atoms with van der Waals surface area (Å²) in [4.78, 5) is 10.4. The topological polar surface area (TPSA) is 88.6 Å². The maximum absolute atomic E-state index is 14.9. The average molecular weight is 414 g/mol. The molecule has 30 heavy (non-hydrogen) atoms. The molecule has 9 heteroatoms. The maximum Gasteiger partial charge on any atom is 0.179 e. The number of anilines is 2. The molecule has 1 aliphatic rings. The molecule has 156 valence electrons. The van der Waals surface area contributed by atoms with Crippen LogP contribution in [0.4, 0.5) is 24.8 Å². The minimum absolute atomic E-state index is 0.0201. The van der Waals surface area contributed by atoms with Gasteiger partial charge in [-0.25, -0.2) is 23.1 Å². The Kier molecular flexibility index (Phi) is 6.41. The van der Waals surface area contributed by atoms with Crippen molar-refractivity contribution in [3.63, 3.8) is 0 Å². The van der Waals surface area contributed by atoms with Crippen LogP contribution in [-0.2, 0) is 0 Å². The smallest absolute Gasteiger partial charge is 0.179 e. The number of halogens is 3. The molecule has 0 bridgehead atoms. The lowest BCUT2D eigenvalue weighted by Gasteiger charge is -2.35. The van der Waals surface area contributed by atoms with Crippen LogP contribution in [0.15, 0.2) is 18.2 Å². The third kappa shape index (κ3) is 4.46. The Morgan fingerprint density at radius 1 is 1.10 bits per heavy atom. The summed E-state index contributed by atoms with van der Waals surface area (Å²) in [6.07, 6.45) is -0.701. The zero-order chi connectivity index (χ0) is 21.8. The van der Waals surface area contributed by atoms with Crippen molar-refractivity contribution in [2.75, 3.05) is 23.3 Å². The number of benzene rings is 1. The van der Waals surface area contributed by atoms with Crippen LogP contribution in [0.2, 0.25) is 0 Å². The number of aromatic nitrogens is 2. The summed E-state index contributed by atoms with van der Waals surface area (Å²) in [6.45, 7) is 4.66. The van der Waals surface area contributed by atoms with E-state index in [2.05, 4.69) is 15.3 Å². The molecule has 3 rings (SSSR count). The molecular formula is C21H21F3N6. The van der Waals surface area contributed by atoms with Crippen molar-refractivity contribution in [3.05, 3.63) is 46.8 Å². The molecule has 1 aliphatic heterocycles. The first-order valence-electron chi connectivity index (χ1n) is 9.66. The van der Waals surface area contributed by atoms with Crippen molar-refractivity contribution < 1.29 is 13.2 Å². The molecular weight excluding hydrogens is 393 g/mol. The number of nitrogens with zero attached hydrogens (tertiary/aromatic N) is 5. The average Bonchev–Trinajstić information content (AvgIpc) is 2.72. The number of hydrogen-bond donors (Lipinski definition) is 1. The van der Waals surface area contributed by atoms with Gasteiger partial charge in [-0.1, -0.05) is 6.07 Å². The van der Waals surface area contributed by atoms with E-state index in [-0.39, 0.29) is 23.0 Å². The van der Waals surface area contributed by atoms with Crippen LogP contribution in [0.25, 0.3) is 0 Å². The zero-order valence-electron chi connectivity index (χ0n) is 16.7. The van der Waals surface area contributed by atoms with E-state index in [1.165, 1.54) is 0 Å². The summed E-state index contributed by atoms with van der Waals surface area (Å²) in [5, 5.41) is 21.6. The molecule has 0 amide bonds. The fourth-order valence-electron chi connectivity index (χ4n) is 3.56. The summed E-state index contributed by atoms with van der Waals surface area (Å²) in [7, 11) is 0. The fourth-order valence-corrected chi connectivity index (χ4v) is 3.56. The van der Waals surface area contributed by atoms with E-state index in [1.54, 1.807) is 0 Å². The highest BCUT2D eigenvalue weighted by molar-refractivity contribution is 5.64. The Bertz CT molecular complexity index is 1000. The molecule has 1 N–H and O–H groups in total. The van der Waals surface area contributed by atoms with Crippen molar-refractivity contribution in [1.82, 2.24) is 9.97 Å². The van der Waals surface area contributed by atoms with Crippen LogP contribution < -0.4 is 10.2 Å². The van der Waals surface area contributed by atoms with E-state index in [0.29, 0.717) is 43.6 Å². The van der Waals surface area contributed by atoms with E-state index < -0.39 is 23.7 Å². The largest absolute Gasteiger partial charge is 0.365 e. The van der Waals surface area contributed by atoms with Gasteiger partial charge in [-0.15, -0.1) is 0 Å². The Balaban J connectivity index is 1.80. The summed E-state index contributed by atoms with van der Waals surface area (Å²) in [5.74, 6) is -1.23. The number of piperidine rings is 1. The van der Waals surface area contributed by atoms with Crippen molar-refractivity contribution >= 4 is 11.6 Å². The second-order valence-corrected chi connectivity index (χ2v) is 7.51. The van der Waals surface area contributed by atoms with Gasteiger partial charge < -0.3 is 10.2 Å². The molecule has 0 unspecified atom stereocenters. The Labute approximate surface area is 173 Å². The van der Waals surface area contributed by atoms with Gasteiger partial charge in [0.15, 0.2) is 23.0 Å². The van der Waals surface area contributed by atoms with Crippen LogP contribution in [0, 0.1) is 40.2 Å². The number of nitriles is 2. The normalized spacial score (nSPS) is 15.5. The minimum Gasteiger partial charge on any atom is -0.365 e. The first-order valence-corrected chi connectivity index (χ1v) is 9.66. The van der Waals surface area contributed by atoms with Crippen LogP contribution in [0.3, 0.4) is 0 Å². The van der Waals surface area contributed by atoms with Crippen LogP contribution >= 0.6 is 0 Å². The van der Waals surface area contributed by atoms with Gasteiger partial charge in [-0.2, -0.15) is 10.5 Å².